The fourth-order valence-electron chi connectivity index (χ4n) is 1.70. The Morgan fingerprint density at radius 3 is 1.92 bits per heavy atom. The highest BCUT2D eigenvalue weighted by atomic mass is 32.1. The molecule has 0 N–H and O–H groups in total. The van der Waals surface area contributed by atoms with Gasteiger partial charge in [-0.1, -0.05) is 0 Å². The Kier molecular flexibility index (Phi) is 6.01. The summed E-state index contributed by atoms with van der Waals surface area (Å²) in [6, 6.07) is 2.08. The molecule has 6 nitrogen and oxygen atoms in total. The van der Waals surface area contributed by atoms with Crippen molar-refractivity contribution in [2.75, 3.05) is 0 Å². The van der Waals surface area contributed by atoms with Crippen molar-refractivity contribution < 1.29 is 19.1 Å². The number of nitrogens with zero attached hydrogens (tertiary/aromatic N) is 2. The molecule has 0 saturated heterocycles. The molecule has 0 bridgehead atoms. The topological polar surface area (TPSA) is 79.6 Å². The summed E-state index contributed by atoms with van der Waals surface area (Å²) in [7, 11) is 0. The molecular weight excluding hydrogens is 328 g/mol. The highest BCUT2D eigenvalue weighted by Crippen LogP contribution is 2.24. The fraction of sp³-hybridized carbons (Fsp3) is 0.588. The second-order valence-corrected chi connectivity index (χ2v) is 8.32. The van der Waals surface area contributed by atoms with Crippen molar-refractivity contribution in [1.82, 2.24) is 4.90 Å². The Morgan fingerprint density at radius 1 is 1.12 bits per heavy atom. The van der Waals surface area contributed by atoms with E-state index in [4.69, 9.17) is 14.7 Å². The number of rotatable bonds is 2. The Balaban J connectivity index is 3.08. The van der Waals surface area contributed by atoms with Crippen LogP contribution in [0.5, 0.6) is 0 Å². The molecule has 0 aromatic carbocycles. The third kappa shape index (κ3) is 5.85. The average molecular weight is 352 g/mol. The molecule has 0 spiro atoms. The summed E-state index contributed by atoms with van der Waals surface area (Å²) in [4.78, 5) is 26.5. The lowest BCUT2D eigenvalue weighted by Crippen LogP contribution is -2.43. The van der Waals surface area contributed by atoms with E-state index in [1.165, 1.54) is 11.3 Å². The molecule has 0 saturated carbocycles. The molecule has 0 aliphatic heterocycles. The lowest BCUT2D eigenvalue weighted by Gasteiger charge is -2.28. The molecular formula is C17H24N2O4S. The molecule has 1 heterocycles. The monoisotopic (exact) mass is 352 g/mol. The number of thiophene rings is 1. The number of hydrogen-bond donors (Lipinski definition) is 0. The molecule has 0 aliphatic carbocycles. The SMILES string of the molecule is Cc1c(C#N)csc1CN(C(=O)OC(C)(C)C)C(=O)OC(C)(C)C. The molecule has 24 heavy (non-hydrogen) atoms. The third-order valence-corrected chi connectivity index (χ3v) is 3.86. The van der Waals surface area contributed by atoms with Gasteiger partial charge in [0.1, 0.15) is 17.3 Å². The molecule has 0 fully saturated rings. The summed E-state index contributed by atoms with van der Waals surface area (Å²) in [6.45, 7) is 12.1. The van der Waals surface area contributed by atoms with Gasteiger partial charge in [0.05, 0.1) is 12.1 Å². The van der Waals surface area contributed by atoms with Crippen LogP contribution >= 0.6 is 11.3 Å². The minimum atomic E-state index is -0.775. The van der Waals surface area contributed by atoms with E-state index >= 15 is 0 Å². The van der Waals surface area contributed by atoms with Crippen LogP contribution in [0, 0.1) is 18.3 Å². The van der Waals surface area contributed by atoms with Crippen molar-refractivity contribution in [3.05, 3.63) is 21.4 Å². The number of hydrogen-bond acceptors (Lipinski definition) is 6. The molecule has 0 aliphatic rings. The molecule has 0 unspecified atom stereocenters. The van der Waals surface area contributed by atoms with Gasteiger partial charge >= 0.3 is 12.2 Å². The zero-order chi connectivity index (χ0) is 18.7. The smallest absolute Gasteiger partial charge is 0.420 e. The molecule has 1 rings (SSSR count). The second kappa shape index (κ2) is 7.22. The standard InChI is InChI=1S/C17H24N2O4S/c1-11-12(8-18)10-24-13(11)9-19(14(20)22-16(2,3)4)15(21)23-17(5,6)7/h10H,9H2,1-7H3. The van der Waals surface area contributed by atoms with Crippen LogP contribution in [0.15, 0.2) is 5.38 Å². The second-order valence-electron chi connectivity index (χ2n) is 7.36. The van der Waals surface area contributed by atoms with E-state index in [0.29, 0.717) is 5.56 Å². The molecule has 0 atom stereocenters. The van der Waals surface area contributed by atoms with Gasteiger partial charge in [-0.2, -0.15) is 5.26 Å². The van der Waals surface area contributed by atoms with Gasteiger partial charge in [0, 0.05) is 10.3 Å². The Labute approximate surface area is 147 Å². The van der Waals surface area contributed by atoms with Crippen molar-refractivity contribution in [3.8, 4) is 6.07 Å². The maximum Gasteiger partial charge on any atom is 0.420 e. The molecule has 2 amide bonds. The van der Waals surface area contributed by atoms with Crippen molar-refractivity contribution in [2.24, 2.45) is 0 Å². The van der Waals surface area contributed by atoms with E-state index in [1.54, 1.807) is 53.8 Å². The maximum absolute atomic E-state index is 12.4. The van der Waals surface area contributed by atoms with Crippen LogP contribution in [0.1, 0.15) is 57.5 Å². The largest absolute Gasteiger partial charge is 0.443 e. The summed E-state index contributed by atoms with van der Waals surface area (Å²) in [6.07, 6.45) is -1.55. The molecule has 1 aromatic heterocycles. The molecule has 1 aromatic rings. The normalized spacial score (nSPS) is 11.6. The Morgan fingerprint density at radius 2 is 1.58 bits per heavy atom. The number of carbonyl (C=O) groups is 2. The number of ether oxygens (including phenoxy) is 2. The van der Waals surface area contributed by atoms with Crippen molar-refractivity contribution in [2.45, 2.75) is 66.2 Å². The van der Waals surface area contributed by atoms with Crippen LogP contribution in [0.2, 0.25) is 0 Å². The first-order valence-corrected chi connectivity index (χ1v) is 8.42. The summed E-state index contributed by atoms with van der Waals surface area (Å²) >= 11 is 1.32. The fourth-order valence-corrected chi connectivity index (χ4v) is 2.68. The zero-order valence-corrected chi connectivity index (χ0v) is 16.0. The van der Waals surface area contributed by atoms with Crippen LogP contribution in [-0.2, 0) is 16.0 Å². The summed E-state index contributed by atoms with van der Waals surface area (Å²) in [5.74, 6) is 0. The van der Waals surface area contributed by atoms with Crippen molar-refractivity contribution in [3.63, 3.8) is 0 Å². The Hall–Kier alpha value is -2.07. The third-order valence-electron chi connectivity index (χ3n) is 2.79. The summed E-state index contributed by atoms with van der Waals surface area (Å²) in [5.41, 5.74) is -0.192. The van der Waals surface area contributed by atoms with Crippen LogP contribution < -0.4 is 0 Å². The minimum Gasteiger partial charge on any atom is -0.443 e. The van der Waals surface area contributed by atoms with E-state index in [1.807, 2.05) is 0 Å². The summed E-state index contributed by atoms with van der Waals surface area (Å²) in [5, 5.41) is 10.8. The van der Waals surface area contributed by atoms with Gasteiger partial charge in [-0.15, -0.1) is 11.3 Å². The predicted octanol–water partition coefficient (Wildman–Crippen LogP) is 4.60. The van der Waals surface area contributed by atoms with Gasteiger partial charge in [0.15, 0.2) is 0 Å². The first-order valence-electron chi connectivity index (χ1n) is 7.54. The van der Waals surface area contributed by atoms with Crippen LogP contribution in [0.3, 0.4) is 0 Å². The van der Waals surface area contributed by atoms with E-state index < -0.39 is 23.4 Å². The average Bonchev–Trinajstić information content (AvgIpc) is 2.72. The van der Waals surface area contributed by atoms with Gasteiger partial charge in [-0.25, -0.2) is 14.5 Å². The van der Waals surface area contributed by atoms with Crippen LogP contribution in [0.25, 0.3) is 0 Å². The lowest BCUT2D eigenvalue weighted by atomic mass is 10.2. The van der Waals surface area contributed by atoms with Gasteiger partial charge in [0.25, 0.3) is 0 Å². The first kappa shape index (κ1) is 20.0. The van der Waals surface area contributed by atoms with Gasteiger partial charge < -0.3 is 9.47 Å². The van der Waals surface area contributed by atoms with Gasteiger partial charge in [-0.05, 0) is 54.0 Å². The highest BCUT2D eigenvalue weighted by molar-refractivity contribution is 7.10. The predicted molar refractivity (Wildman–Crippen MR) is 91.8 cm³/mol. The van der Waals surface area contributed by atoms with Crippen LogP contribution in [-0.4, -0.2) is 28.3 Å². The summed E-state index contributed by atoms with van der Waals surface area (Å²) < 4.78 is 10.6. The van der Waals surface area contributed by atoms with Gasteiger partial charge in [0.2, 0.25) is 0 Å². The van der Waals surface area contributed by atoms with E-state index in [2.05, 4.69) is 6.07 Å². The number of nitriles is 1. The Bertz CT molecular complexity index is 632. The number of imide groups is 1. The van der Waals surface area contributed by atoms with E-state index in [-0.39, 0.29) is 6.54 Å². The quantitative estimate of drug-likeness (QED) is 0.777. The van der Waals surface area contributed by atoms with Crippen molar-refractivity contribution in [1.29, 1.82) is 5.26 Å². The zero-order valence-electron chi connectivity index (χ0n) is 15.2. The molecule has 132 valence electrons. The highest BCUT2D eigenvalue weighted by Gasteiger charge is 2.32. The molecule has 0 radical (unpaired) electrons. The van der Waals surface area contributed by atoms with E-state index in [0.717, 1.165) is 15.3 Å². The van der Waals surface area contributed by atoms with Gasteiger partial charge in [-0.3, -0.25) is 0 Å². The number of amides is 2. The lowest BCUT2D eigenvalue weighted by molar-refractivity contribution is -0.0000676. The number of carbonyl (C=O) groups excluding carboxylic acids is 2. The van der Waals surface area contributed by atoms with E-state index in [9.17, 15) is 9.59 Å². The van der Waals surface area contributed by atoms with Crippen molar-refractivity contribution >= 4 is 23.5 Å². The maximum atomic E-state index is 12.4. The molecule has 7 heteroatoms. The van der Waals surface area contributed by atoms with Crippen LogP contribution in [0.4, 0.5) is 9.59 Å². The minimum absolute atomic E-state index is 0.00199. The first-order chi connectivity index (χ1) is 10.8.